The van der Waals surface area contributed by atoms with E-state index in [1.807, 2.05) is 24.3 Å². The molecule has 0 heterocycles. The number of hydrogen-bond acceptors (Lipinski definition) is 0. The van der Waals surface area contributed by atoms with E-state index in [1.165, 1.54) is 48.5 Å². The predicted octanol–water partition coefficient (Wildman–Crippen LogP) is 5.69. The van der Waals surface area contributed by atoms with Crippen molar-refractivity contribution in [1.82, 2.24) is 0 Å². The van der Waals surface area contributed by atoms with Gasteiger partial charge in [-0.15, -0.1) is 0 Å². The van der Waals surface area contributed by atoms with Crippen molar-refractivity contribution in [3.8, 4) is 0 Å². The molecular weight excluding hydrogens is 522 g/mol. The van der Waals surface area contributed by atoms with E-state index >= 15 is 0 Å². The zero-order chi connectivity index (χ0) is 26.9. The van der Waals surface area contributed by atoms with Crippen molar-refractivity contribution in [3.63, 3.8) is 0 Å². The fraction of sp³-hybridized carbons (Fsp3) is 0. The van der Waals surface area contributed by atoms with Crippen molar-refractivity contribution in [2.45, 2.75) is 0 Å². The highest BCUT2D eigenvalue weighted by molar-refractivity contribution is 7.94. The zero-order valence-electron chi connectivity index (χ0n) is 20.4. The van der Waals surface area contributed by atoms with Crippen LogP contribution in [0.3, 0.4) is 0 Å². The molecule has 0 radical (unpaired) electrons. The Morgan fingerprint density at radius 2 is 0.421 bits per heavy atom. The van der Waals surface area contributed by atoms with Gasteiger partial charge in [-0.2, -0.15) is 0 Å². The molecule has 0 saturated carbocycles. The molecule has 5 aromatic rings. The second-order valence-corrected chi connectivity index (χ2v) is 15.4. The van der Waals surface area contributed by atoms with Gasteiger partial charge in [-0.05, 0) is 94.1 Å². The first-order chi connectivity index (χ1) is 18.2. The third-order valence-electron chi connectivity index (χ3n) is 6.80. The first kappa shape index (κ1) is 26.0. The Hall–Kier alpha value is -3.58. The molecule has 190 valence electrons. The Morgan fingerprint density at radius 1 is 0.289 bits per heavy atom. The average molecular weight is 546 g/mol. The summed E-state index contributed by atoms with van der Waals surface area (Å²) in [7, 11) is 0. The quantitative estimate of drug-likeness (QED) is 0.190. The van der Waals surface area contributed by atoms with Crippen LogP contribution in [0.25, 0.3) is 0 Å². The van der Waals surface area contributed by atoms with Crippen molar-refractivity contribution in [1.29, 1.82) is 0 Å². The summed E-state index contributed by atoms with van der Waals surface area (Å²) in [5.41, 5.74) is 0. The van der Waals surface area contributed by atoms with Gasteiger partial charge in [-0.3, -0.25) is 0 Å². The van der Waals surface area contributed by atoms with Crippen LogP contribution in [0.15, 0.2) is 121 Å². The van der Waals surface area contributed by atoms with Gasteiger partial charge in [-0.1, -0.05) is 85.4 Å². The maximum Gasteiger partial charge on any atom is 0.123 e. The molecule has 6 heteroatoms. The maximum atomic E-state index is 13.8. The van der Waals surface area contributed by atoms with E-state index in [-0.39, 0.29) is 23.3 Å². The summed E-state index contributed by atoms with van der Waals surface area (Å²) in [6, 6.07) is 33.0. The van der Waals surface area contributed by atoms with Crippen molar-refractivity contribution in [3.05, 3.63) is 145 Å². The molecule has 0 atom stereocenters. The van der Waals surface area contributed by atoms with Crippen molar-refractivity contribution < 1.29 is 17.6 Å². The van der Waals surface area contributed by atoms with Crippen LogP contribution in [0.5, 0.6) is 0 Å². The summed E-state index contributed by atoms with van der Waals surface area (Å²) >= 11 is 0. The summed E-state index contributed by atoms with van der Waals surface area (Å²) in [5.74, 6) is -1.39. The minimum atomic E-state index is -2.49. The molecular formula is C32H24F4P2. The largest absolute Gasteiger partial charge is 0.207 e. The van der Waals surface area contributed by atoms with E-state index in [2.05, 4.69) is 12.6 Å². The highest BCUT2D eigenvalue weighted by atomic mass is 31.2. The van der Waals surface area contributed by atoms with Crippen molar-refractivity contribution >= 4 is 58.2 Å². The Morgan fingerprint density at radius 3 is 0.579 bits per heavy atom. The Labute approximate surface area is 220 Å². The highest BCUT2D eigenvalue weighted by Crippen LogP contribution is 2.44. The lowest BCUT2D eigenvalue weighted by Crippen LogP contribution is -2.29. The second-order valence-electron chi connectivity index (χ2n) is 9.04. The van der Waals surface area contributed by atoms with Crippen molar-refractivity contribution in [2.75, 3.05) is 0 Å². The fourth-order valence-corrected chi connectivity index (χ4v) is 10.4. The van der Waals surface area contributed by atoms with Crippen LogP contribution < -0.4 is 31.8 Å². The number of rotatable bonds is 6. The lowest BCUT2D eigenvalue weighted by Gasteiger charge is -2.29. The maximum absolute atomic E-state index is 13.8. The van der Waals surface area contributed by atoms with Crippen LogP contribution in [-0.4, -0.2) is 12.6 Å². The highest BCUT2D eigenvalue weighted by Gasteiger charge is 2.26. The molecule has 0 saturated heterocycles. The second kappa shape index (κ2) is 10.3. The summed E-state index contributed by atoms with van der Waals surface area (Å²) < 4.78 is 55.1. The van der Waals surface area contributed by atoms with Gasteiger partial charge in [-0.25, -0.2) is 17.6 Å². The third-order valence-corrected chi connectivity index (χ3v) is 13.9. The monoisotopic (exact) mass is 546 g/mol. The average Bonchev–Trinajstić information content (AvgIpc) is 2.94. The van der Waals surface area contributed by atoms with E-state index in [4.69, 9.17) is 0 Å². The van der Waals surface area contributed by atoms with Crippen LogP contribution in [0, 0.1) is 23.3 Å². The van der Waals surface area contributed by atoms with Crippen LogP contribution in [0.1, 0.15) is 0 Å². The van der Waals surface area contributed by atoms with Gasteiger partial charge >= 0.3 is 0 Å². The van der Waals surface area contributed by atoms with Crippen LogP contribution in [-0.2, 0) is 0 Å². The summed E-state index contributed by atoms with van der Waals surface area (Å²) in [6.07, 6.45) is 9.29. The van der Waals surface area contributed by atoms with Gasteiger partial charge < -0.3 is 0 Å². The standard InChI is InChI=1S/C32H24F4P2/c1-37(27-11-3-23(33)4-12-27,28-13-5-24(34)6-14-28)31-19-21-32(22-20-31)38(2,29-15-7-25(35)8-16-29)30-17-9-26(36)10-18-30/h3-22H,1-2H2. The lowest BCUT2D eigenvalue weighted by molar-refractivity contribution is 0.628. The Bertz CT molecular complexity index is 1430. The molecule has 0 spiro atoms. The number of halogens is 4. The molecule has 0 amide bonds. The first-order valence-corrected chi connectivity index (χ1v) is 15.8. The Balaban J connectivity index is 1.67. The first-order valence-electron chi connectivity index (χ1n) is 11.8. The molecule has 0 aliphatic carbocycles. The number of benzene rings is 5. The molecule has 0 aliphatic heterocycles. The van der Waals surface area contributed by atoms with Gasteiger partial charge in [0.15, 0.2) is 0 Å². The van der Waals surface area contributed by atoms with Crippen LogP contribution in [0.4, 0.5) is 17.6 Å². The molecule has 0 unspecified atom stereocenters. The van der Waals surface area contributed by atoms with Gasteiger partial charge in [0.25, 0.3) is 0 Å². The molecule has 0 aliphatic rings. The Kier molecular flexibility index (Phi) is 7.05. The molecule has 0 bridgehead atoms. The van der Waals surface area contributed by atoms with E-state index in [1.54, 1.807) is 48.5 Å². The molecule has 0 aromatic heterocycles. The van der Waals surface area contributed by atoms with Crippen LogP contribution >= 0.6 is 13.8 Å². The van der Waals surface area contributed by atoms with Gasteiger partial charge in [0.2, 0.25) is 0 Å². The summed E-state index contributed by atoms with van der Waals surface area (Å²) in [5, 5.41) is 5.25. The zero-order valence-corrected chi connectivity index (χ0v) is 22.2. The van der Waals surface area contributed by atoms with Gasteiger partial charge in [0.1, 0.15) is 23.3 Å². The van der Waals surface area contributed by atoms with E-state index in [0.29, 0.717) is 0 Å². The van der Waals surface area contributed by atoms with E-state index in [9.17, 15) is 17.6 Å². The molecule has 5 aromatic carbocycles. The molecule has 5 rings (SSSR count). The number of hydrogen-bond donors (Lipinski definition) is 0. The predicted molar refractivity (Wildman–Crippen MR) is 158 cm³/mol. The summed E-state index contributed by atoms with van der Waals surface area (Å²) in [4.78, 5) is 0. The SMILES string of the molecule is C=P(c1ccc(F)cc1)(c1ccc(F)cc1)c1ccc(P(=C)(c2ccc(F)cc2)c2ccc(F)cc2)cc1. The molecule has 38 heavy (non-hydrogen) atoms. The molecule has 0 nitrogen and oxygen atoms in total. The molecule has 0 fully saturated rings. The third kappa shape index (κ3) is 4.71. The minimum absolute atomic E-state index is 0.347. The lowest BCUT2D eigenvalue weighted by atomic mass is 10.3. The van der Waals surface area contributed by atoms with E-state index < -0.39 is 13.8 Å². The van der Waals surface area contributed by atoms with Crippen molar-refractivity contribution in [2.24, 2.45) is 0 Å². The minimum Gasteiger partial charge on any atom is -0.207 e. The summed E-state index contributed by atoms with van der Waals surface area (Å²) in [6.45, 7) is -4.97. The molecule has 0 N–H and O–H groups in total. The smallest absolute Gasteiger partial charge is 0.123 e. The van der Waals surface area contributed by atoms with Crippen LogP contribution in [0.2, 0.25) is 0 Å². The van der Waals surface area contributed by atoms with Gasteiger partial charge in [0, 0.05) is 0 Å². The normalized spacial score (nSPS) is 11.9. The topological polar surface area (TPSA) is 0 Å². The fourth-order valence-electron chi connectivity index (χ4n) is 4.64. The van der Waals surface area contributed by atoms with E-state index in [0.717, 1.165) is 31.8 Å². The van der Waals surface area contributed by atoms with Gasteiger partial charge in [0.05, 0.1) is 0 Å².